The van der Waals surface area contributed by atoms with Crippen LogP contribution in [0.2, 0.25) is 0 Å². The second-order valence-electron chi connectivity index (χ2n) is 6.85. The smallest absolute Gasteiger partial charge is 0.161 e. The molecule has 1 aliphatic heterocycles. The first-order valence-electron chi connectivity index (χ1n) is 8.89. The number of hydrogen-bond acceptors (Lipinski definition) is 3. The van der Waals surface area contributed by atoms with Crippen LogP contribution in [0, 0.1) is 3.57 Å². The van der Waals surface area contributed by atoms with E-state index in [1.807, 2.05) is 12.3 Å². The molecule has 26 heavy (non-hydrogen) atoms. The number of carbonyl (C=O) groups excluding carboxylic acids is 1. The average Bonchev–Trinajstić information content (AvgIpc) is 2.67. The molecule has 1 atom stereocenters. The minimum Gasteiger partial charge on any atom is -0.358 e. The molecule has 0 spiro atoms. The van der Waals surface area contributed by atoms with Gasteiger partial charge in [-0.1, -0.05) is 24.3 Å². The molecule has 1 aromatic heterocycles. The van der Waals surface area contributed by atoms with Crippen LogP contribution in [0.15, 0.2) is 66.0 Å². The van der Waals surface area contributed by atoms with Crippen molar-refractivity contribution in [3.8, 4) is 0 Å². The van der Waals surface area contributed by atoms with E-state index in [-0.39, 0.29) is 11.7 Å². The van der Waals surface area contributed by atoms with Crippen LogP contribution in [0.4, 0.5) is 5.69 Å². The Morgan fingerprint density at radius 1 is 1.04 bits per heavy atom. The first kappa shape index (κ1) is 16.0. The molecule has 5 rings (SSSR count). The molecule has 1 aliphatic carbocycles. The summed E-state index contributed by atoms with van der Waals surface area (Å²) in [5.41, 5.74) is 6.49. The van der Waals surface area contributed by atoms with E-state index >= 15 is 0 Å². The van der Waals surface area contributed by atoms with Crippen molar-refractivity contribution in [1.29, 1.82) is 0 Å². The summed E-state index contributed by atoms with van der Waals surface area (Å²) in [7, 11) is 0. The molecule has 1 N–H and O–H groups in total. The van der Waals surface area contributed by atoms with Gasteiger partial charge in [-0.3, -0.25) is 9.78 Å². The third kappa shape index (κ3) is 2.39. The molecule has 0 saturated heterocycles. The van der Waals surface area contributed by atoms with E-state index in [1.54, 1.807) is 0 Å². The molecule has 0 radical (unpaired) electrons. The summed E-state index contributed by atoms with van der Waals surface area (Å²) >= 11 is 2.39. The Morgan fingerprint density at radius 2 is 1.92 bits per heavy atom. The highest BCUT2D eigenvalue weighted by Gasteiger charge is 2.36. The van der Waals surface area contributed by atoms with E-state index in [4.69, 9.17) is 0 Å². The van der Waals surface area contributed by atoms with Crippen molar-refractivity contribution in [2.45, 2.75) is 25.2 Å². The first-order chi connectivity index (χ1) is 12.7. The van der Waals surface area contributed by atoms with Crippen LogP contribution in [-0.4, -0.2) is 10.8 Å². The summed E-state index contributed by atoms with van der Waals surface area (Å²) in [6.45, 7) is 0. The molecule has 0 bridgehead atoms. The van der Waals surface area contributed by atoms with E-state index in [2.05, 4.69) is 75.4 Å². The summed E-state index contributed by atoms with van der Waals surface area (Å²) in [5.74, 6) is 0.241. The lowest BCUT2D eigenvalue weighted by Gasteiger charge is -2.35. The van der Waals surface area contributed by atoms with E-state index in [1.165, 1.54) is 14.7 Å². The molecule has 2 heterocycles. The van der Waals surface area contributed by atoms with Gasteiger partial charge in [0.25, 0.3) is 0 Å². The SMILES string of the molecule is O=C1CCCC2=C1[C@H](c1ccccc1I)c1c(ccc3ncccc13)N2. The third-order valence-electron chi connectivity index (χ3n) is 5.36. The number of nitrogens with zero attached hydrogens (tertiary/aromatic N) is 1. The van der Waals surface area contributed by atoms with Gasteiger partial charge >= 0.3 is 0 Å². The maximum atomic E-state index is 13.0. The minimum atomic E-state index is -0.0324. The van der Waals surface area contributed by atoms with Gasteiger partial charge < -0.3 is 5.32 Å². The fourth-order valence-corrected chi connectivity index (χ4v) is 4.95. The summed E-state index contributed by atoms with van der Waals surface area (Å²) < 4.78 is 1.19. The molecule has 2 aliphatic rings. The lowest BCUT2D eigenvalue weighted by Crippen LogP contribution is -2.27. The fourth-order valence-electron chi connectivity index (χ4n) is 4.25. The topological polar surface area (TPSA) is 42.0 Å². The van der Waals surface area contributed by atoms with Crippen molar-refractivity contribution in [3.05, 3.63) is 80.7 Å². The third-order valence-corrected chi connectivity index (χ3v) is 6.34. The van der Waals surface area contributed by atoms with Crippen molar-refractivity contribution in [2.75, 3.05) is 5.32 Å². The number of fused-ring (bicyclic) bond motifs is 3. The zero-order valence-electron chi connectivity index (χ0n) is 14.1. The summed E-state index contributed by atoms with van der Waals surface area (Å²) in [5, 5.41) is 4.69. The number of benzene rings is 2. The zero-order chi connectivity index (χ0) is 17.7. The monoisotopic (exact) mass is 452 g/mol. The number of rotatable bonds is 1. The van der Waals surface area contributed by atoms with Gasteiger partial charge in [0.05, 0.1) is 5.52 Å². The van der Waals surface area contributed by atoms with Gasteiger partial charge in [-0.25, -0.2) is 0 Å². The molecule has 128 valence electrons. The van der Waals surface area contributed by atoms with Gasteiger partial charge in [-0.2, -0.15) is 0 Å². The van der Waals surface area contributed by atoms with Crippen molar-refractivity contribution in [1.82, 2.24) is 4.98 Å². The van der Waals surface area contributed by atoms with E-state index in [9.17, 15) is 4.79 Å². The highest BCUT2D eigenvalue weighted by atomic mass is 127. The van der Waals surface area contributed by atoms with Crippen LogP contribution in [0.5, 0.6) is 0 Å². The second-order valence-corrected chi connectivity index (χ2v) is 8.01. The predicted octanol–water partition coefficient (Wildman–Crippen LogP) is 5.40. The van der Waals surface area contributed by atoms with Crippen LogP contribution in [0.25, 0.3) is 10.9 Å². The summed E-state index contributed by atoms with van der Waals surface area (Å²) in [6, 6.07) is 16.7. The molecule has 4 heteroatoms. The number of pyridine rings is 1. The Morgan fingerprint density at radius 3 is 2.81 bits per heavy atom. The molecule has 0 saturated carbocycles. The van der Waals surface area contributed by atoms with E-state index in [0.29, 0.717) is 6.42 Å². The Kier molecular flexibility index (Phi) is 3.81. The quantitative estimate of drug-likeness (QED) is 0.503. The number of hydrogen-bond donors (Lipinski definition) is 1. The maximum Gasteiger partial charge on any atom is 0.161 e. The summed E-state index contributed by atoms with van der Waals surface area (Å²) in [6.07, 6.45) is 4.32. The number of ketones is 1. The van der Waals surface area contributed by atoms with Crippen LogP contribution in [0.1, 0.15) is 36.3 Å². The Labute approximate surface area is 165 Å². The van der Waals surface area contributed by atoms with Crippen molar-refractivity contribution >= 4 is 45.0 Å². The minimum absolute atomic E-state index is 0.0324. The Balaban J connectivity index is 1.87. The zero-order valence-corrected chi connectivity index (χ0v) is 16.3. The number of aromatic nitrogens is 1. The highest BCUT2D eigenvalue weighted by molar-refractivity contribution is 14.1. The largest absolute Gasteiger partial charge is 0.358 e. The van der Waals surface area contributed by atoms with Crippen molar-refractivity contribution in [3.63, 3.8) is 0 Å². The van der Waals surface area contributed by atoms with Gasteiger partial charge in [0.1, 0.15) is 0 Å². The normalized spacial score (nSPS) is 19.1. The number of carbonyl (C=O) groups is 1. The molecular formula is C22H17IN2O. The van der Waals surface area contributed by atoms with Crippen molar-refractivity contribution < 1.29 is 4.79 Å². The molecule has 0 unspecified atom stereocenters. The molecular weight excluding hydrogens is 435 g/mol. The lowest BCUT2D eigenvalue weighted by atomic mass is 9.74. The Hall–Kier alpha value is -2.21. The van der Waals surface area contributed by atoms with Gasteiger partial charge in [0, 0.05) is 44.4 Å². The fraction of sp³-hybridized carbons (Fsp3) is 0.182. The molecule has 0 fully saturated rings. The van der Waals surface area contributed by atoms with Crippen LogP contribution >= 0.6 is 22.6 Å². The molecule has 3 nitrogen and oxygen atoms in total. The maximum absolute atomic E-state index is 13.0. The second kappa shape index (κ2) is 6.20. The number of nitrogens with one attached hydrogen (secondary N) is 1. The predicted molar refractivity (Wildman–Crippen MR) is 112 cm³/mol. The Bertz CT molecular complexity index is 1090. The van der Waals surface area contributed by atoms with Crippen LogP contribution in [0.3, 0.4) is 0 Å². The molecule has 0 amide bonds. The van der Waals surface area contributed by atoms with Gasteiger partial charge in [0.15, 0.2) is 5.78 Å². The lowest BCUT2D eigenvalue weighted by molar-refractivity contribution is -0.116. The average molecular weight is 452 g/mol. The van der Waals surface area contributed by atoms with Crippen LogP contribution in [-0.2, 0) is 4.79 Å². The van der Waals surface area contributed by atoms with E-state index < -0.39 is 0 Å². The highest BCUT2D eigenvalue weighted by Crippen LogP contribution is 2.48. The van der Waals surface area contributed by atoms with Gasteiger partial charge in [-0.05, 0) is 70.8 Å². The summed E-state index contributed by atoms with van der Waals surface area (Å²) in [4.78, 5) is 17.5. The number of allylic oxidation sites excluding steroid dienone is 2. The standard InChI is InChI=1S/C22H17IN2O/c23-15-7-2-1-5-13(15)21-20-14-6-4-12-24-16(14)10-11-18(20)25-17-8-3-9-19(26)22(17)21/h1-2,4-7,10-12,21,25H,3,8-9H2/t21-/m1/s1. The molecule has 2 aromatic carbocycles. The van der Waals surface area contributed by atoms with Gasteiger partial charge in [-0.15, -0.1) is 0 Å². The van der Waals surface area contributed by atoms with E-state index in [0.717, 1.165) is 40.7 Å². The number of halogens is 1. The first-order valence-corrected chi connectivity index (χ1v) is 9.97. The van der Waals surface area contributed by atoms with Gasteiger partial charge in [0.2, 0.25) is 0 Å². The van der Waals surface area contributed by atoms with Crippen molar-refractivity contribution in [2.24, 2.45) is 0 Å². The number of anilines is 1. The van der Waals surface area contributed by atoms with Crippen LogP contribution < -0.4 is 5.32 Å². The molecule has 3 aromatic rings. The number of Topliss-reactive ketones (excluding diaryl/α,β-unsaturated/α-hetero) is 1.